The average molecular weight is 358 g/mol. The van der Waals surface area contributed by atoms with Crippen LogP contribution >= 0.6 is 0 Å². The quantitative estimate of drug-likeness (QED) is 0.537. The summed E-state index contributed by atoms with van der Waals surface area (Å²) >= 11 is 0. The van der Waals surface area contributed by atoms with Crippen molar-refractivity contribution in [2.75, 3.05) is 45.1 Å². The largest absolute Gasteiger partial charge is 0.480 e. The van der Waals surface area contributed by atoms with Crippen molar-refractivity contribution >= 4 is 27.4 Å². The summed E-state index contributed by atoms with van der Waals surface area (Å²) in [7, 11) is -1.94. The molecule has 0 aliphatic carbocycles. The van der Waals surface area contributed by atoms with Crippen LogP contribution in [0.4, 0.5) is 11.4 Å². The Morgan fingerprint density at radius 1 is 1.33 bits per heavy atom. The maximum Gasteiger partial charge on any atom is 0.322 e. The third-order valence-electron chi connectivity index (χ3n) is 3.70. The highest BCUT2D eigenvalue weighted by Gasteiger charge is 2.29. The maximum atomic E-state index is 12.6. The van der Waals surface area contributed by atoms with E-state index in [0.717, 1.165) is 6.07 Å². The summed E-state index contributed by atoms with van der Waals surface area (Å²) in [5.74, 6) is -1.18. The van der Waals surface area contributed by atoms with Crippen LogP contribution in [0.2, 0.25) is 0 Å². The van der Waals surface area contributed by atoms with E-state index in [1.807, 2.05) is 11.9 Å². The lowest BCUT2D eigenvalue weighted by atomic mass is 10.2. The van der Waals surface area contributed by atoms with Crippen LogP contribution in [0.15, 0.2) is 23.1 Å². The van der Waals surface area contributed by atoms with Gasteiger partial charge in [0.2, 0.25) is 10.0 Å². The Morgan fingerprint density at radius 2 is 1.96 bits per heavy atom. The molecule has 24 heavy (non-hydrogen) atoms. The fraction of sp³-hybridized carbons (Fsp3) is 0.462. The number of carboxylic acid groups (broad SMARTS) is 1. The number of benzene rings is 1. The summed E-state index contributed by atoms with van der Waals surface area (Å²) in [4.78, 5) is 22.8. The molecular weight excluding hydrogens is 340 g/mol. The van der Waals surface area contributed by atoms with Crippen LogP contribution in [-0.2, 0) is 14.8 Å². The second-order valence-electron chi connectivity index (χ2n) is 5.39. The van der Waals surface area contributed by atoms with Gasteiger partial charge >= 0.3 is 5.97 Å². The van der Waals surface area contributed by atoms with Crippen molar-refractivity contribution in [1.29, 1.82) is 0 Å². The summed E-state index contributed by atoms with van der Waals surface area (Å²) < 4.78 is 26.5. The van der Waals surface area contributed by atoms with Gasteiger partial charge in [-0.15, -0.1) is 0 Å². The number of piperazine rings is 1. The van der Waals surface area contributed by atoms with Crippen LogP contribution in [0.25, 0.3) is 0 Å². The number of rotatable bonds is 6. The fourth-order valence-electron chi connectivity index (χ4n) is 2.32. The van der Waals surface area contributed by atoms with Crippen LogP contribution in [0.5, 0.6) is 0 Å². The van der Waals surface area contributed by atoms with Crippen molar-refractivity contribution in [3.05, 3.63) is 28.3 Å². The molecular formula is C13H18N4O6S. The topological polar surface area (TPSA) is 133 Å². The lowest BCUT2D eigenvalue weighted by Crippen LogP contribution is -2.47. The van der Waals surface area contributed by atoms with E-state index in [1.165, 1.54) is 16.4 Å². The van der Waals surface area contributed by atoms with Crippen LogP contribution in [0.1, 0.15) is 0 Å². The van der Waals surface area contributed by atoms with E-state index < -0.39 is 33.1 Å². The minimum atomic E-state index is -3.83. The van der Waals surface area contributed by atoms with E-state index in [9.17, 15) is 23.3 Å². The van der Waals surface area contributed by atoms with Crippen molar-refractivity contribution in [3.8, 4) is 0 Å². The number of sulfonamides is 1. The number of carbonyl (C=O) groups is 1. The number of nitro groups is 1. The highest BCUT2D eigenvalue weighted by Crippen LogP contribution is 2.29. The Kier molecular flexibility index (Phi) is 5.36. The first-order chi connectivity index (χ1) is 11.2. The van der Waals surface area contributed by atoms with Gasteiger partial charge in [-0.3, -0.25) is 14.9 Å². The third kappa shape index (κ3) is 3.99. The van der Waals surface area contributed by atoms with E-state index in [4.69, 9.17) is 5.11 Å². The van der Waals surface area contributed by atoms with Crippen LogP contribution in [-0.4, -0.2) is 73.4 Å². The minimum absolute atomic E-state index is 0.0419. The van der Waals surface area contributed by atoms with Gasteiger partial charge in [-0.25, -0.2) is 8.42 Å². The Bertz CT molecular complexity index is 743. The van der Waals surface area contributed by atoms with Gasteiger partial charge in [-0.1, -0.05) is 0 Å². The zero-order valence-corrected chi connectivity index (χ0v) is 13.8. The first kappa shape index (κ1) is 18.1. The molecule has 10 nitrogen and oxygen atoms in total. The van der Waals surface area contributed by atoms with Crippen LogP contribution in [0, 0.1) is 10.1 Å². The molecule has 0 unspecified atom stereocenters. The Morgan fingerprint density at radius 3 is 2.50 bits per heavy atom. The maximum absolute atomic E-state index is 12.6. The smallest absolute Gasteiger partial charge is 0.322 e. The number of aliphatic carboxylic acids is 1. The summed E-state index contributed by atoms with van der Waals surface area (Å²) in [6, 6.07) is 3.41. The zero-order chi connectivity index (χ0) is 17.9. The van der Waals surface area contributed by atoms with Crippen LogP contribution in [0.3, 0.4) is 0 Å². The molecule has 0 saturated carbocycles. The Labute approximate surface area is 138 Å². The SMILES string of the molecule is CN1CCN(S(=O)(=O)c2ccc(NCC(=O)O)c([N+](=O)[O-])c2)CC1. The van der Waals surface area contributed by atoms with E-state index in [-0.39, 0.29) is 10.6 Å². The van der Waals surface area contributed by atoms with Gasteiger partial charge < -0.3 is 15.3 Å². The molecule has 0 spiro atoms. The lowest BCUT2D eigenvalue weighted by Gasteiger charge is -2.31. The molecule has 2 rings (SSSR count). The number of carboxylic acids is 1. The molecule has 0 radical (unpaired) electrons. The number of hydrogen-bond acceptors (Lipinski definition) is 7. The van der Waals surface area contributed by atoms with E-state index in [0.29, 0.717) is 26.2 Å². The van der Waals surface area contributed by atoms with Gasteiger partial charge in [-0.2, -0.15) is 4.31 Å². The number of likely N-dealkylation sites (N-methyl/N-ethyl adjacent to an activating group) is 1. The van der Waals surface area contributed by atoms with Gasteiger partial charge in [0.05, 0.1) is 9.82 Å². The molecule has 0 amide bonds. The second kappa shape index (κ2) is 7.11. The Balaban J connectivity index is 2.31. The summed E-state index contributed by atoms with van der Waals surface area (Å²) in [6.45, 7) is 1.28. The van der Waals surface area contributed by atoms with Gasteiger partial charge in [0, 0.05) is 32.2 Å². The molecule has 1 heterocycles. The lowest BCUT2D eigenvalue weighted by molar-refractivity contribution is -0.384. The molecule has 132 valence electrons. The number of nitro benzene ring substituents is 1. The molecule has 0 atom stereocenters. The van der Waals surface area contributed by atoms with Gasteiger partial charge in [-0.05, 0) is 19.2 Å². The highest BCUT2D eigenvalue weighted by atomic mass is 32.2. The van der Waals surface area contributed by atoms with Crippen molar-refractivity contribution < 1.29 is 23.2 Å². The molecule has 1 aromatic carbocycles. The molecule has 1 saturated heterocycles. The average Bonchev–Trinajstić information content (AvgIpc) is 2.53. The molecule has 2 N–H and O–H groups in total. The standard InChI is InChI=1S/C13H18N4O6S/c1-15-4-6-16(7-5-15)24(22,23)10-2-3-11(14-9-13(18)19)12(8-10)17(20)21/h2-3,8,14H,4-7,9H2,1H3,(H,18,19). The van der Waals surface area contributed by atoms with Gasteiger partial charge in [0.1, 0.15) is 12.2 Å². The monoisotopic (exact) mass is 358 g/mol. The summed E-state index contributed by atoms with van der Waals surface area (Å²) in [5.41, 5.74) is -0.522. The predicted octanol–water partition coefficient (Wildman–Crippen LogP) is 0.0274. The minimum Gasteiger partial charge on any atom is -0.480 e. The van der Waals surface area contributed by atoms with Gasteiger partial charge in [0.15, 0.2) is 0 Å². The van der Waals surface area contributed by atoms with Crippen molar-refractivity contribution in [2.24, 2.45) is 0 Å². The Hall–Kier alpha value is -2.24. The highest BCUT2D eigenvalue weighted by molar-refractivity contribution is 7.89. The number of nitrogens with one attached hydrogen (secondary N) is 1. The molecule has 1 aliphatic rings. The second-order valence-corrected chi connectivity index (χ2v) is 7.33. The predicted molar refractivity (Wildman–Crippen MR) is 85.5 cm³/mol. The molecule has 11 heteroatoms. The number of anilines is 1. The van der Waals surface area contributed by atoms with Crippen LogP contribution < -0.4 is 5.32 Å². The number of hydrogen-bond donors (Lipinski definition) is 2. The summed E-state index contributed by atoms with van der Waals surface area (Å²) in [6.07, 6.45) is 0. The van der Waals surface area contributed by atoms with E-state index in [2.05, 4.69) is 5.32 Å². The molecule has 1 aliphatic heterocycles. The fourth-order valence-corrected chi connectivity index (χ4v) is 3.76. The first-order valence-corrected chi connectivity index (χ1v) is 8.58. The first-order valence-electron chi connectivity index (χ1n) is 7.14. The third-order valence-corrected chi connectivity index (χ3v) is 5.59. The molecule has 0 aromatic heterocycles. The van der Waals surface area contributed by atoms with Gasteiger partial charge in [0.25, 0.3) is 5.69 Å². The number of nitrogens with zero attached hydrogens (tertiary/aromatic N) is 3. The van der Waals surface area contributed by atoms with Crippen molar-refractivity contribution in [3.63, 3.8) is 0 Å². The zero-order valence-electron chi connectivity index (χ0n) is 13.0. The normalized spacial score (nSPS) is 16.7. The molecule has 0 bridgehead atoms. The van der Waals surface area contributed by atoms with E-state index >= 15 is 0 Å². The molecule has 1 fully saturated rings. The molecule has 1 aromatic rings. The van der Waals surface area contributed by atoms with Crippen molar-refractivity contribution in [1.82, 2.24) is 9.21 Å². The summed E-state index contributed by atoms with van der Waals surface area (Å²) in [5, 5.41) is 22.2. The van der Waals surface area contributed by atoms with E-state index in [1.54, 1.807) is 0 Å². The van der Waals surface area contributed by atoms with Crippen molar-refractivity contribution in [2.45, 2.75) is 4.90 Å².